The van der Waals surface area contributed by atoms with E-state index in [2.05, 4.69) is 10.4 Å². The molecule has 0 spiro atoms. The first-order valence-electron chi connectivity index (χ1n) is 9.25. The summed E-state index contributed by atoms with van der Waals surface area (Å²) in [5.74, 6) is 0.724. The highest BCUT2D eigenvalue weighted by atomic mass is 16.5. The van der Waals surface area contributed by atoms with Gasteiger partial charge in [0.25, 0.3) is 5.56 Å². The minimum Gasteiger partial charge on any atom is -0.497 e. The average molecular weight is 393 g/mol. The molecule has 150 valence electrons. The molecule has 0 saturated heterocycles. The molecule has 1 aromatic heterocycles. The number of benzene rings is 2. The lowest BCUT2D eigenvalue weighted by molar-refractivity contribution is -0.119. The van der Waals surface area contributed by atoms with Gasteiger partial charge in [0.1, 0.15) is 17.5 Å². The Kier molecular flexibility index (Phi) is 6.29. The minimum atomic E-state index is -0.766. The largest absolute Gasteiger partial charge is 0.497 e. The van der Waals surface area contributed by atoms with Crippen molar-refractivity contribution in [3.05, 3.63) is 71.0 Å². The van der Waals surface area contributed by atoms with Crippen LogP contribution in [0.1, 0.15) is 19.4 Å². The summed E-state index contributed by atoms with van der Waals surface area (Å²) in [6.45, 7) is 1.83. The van der Waals surface area contributed by atoms with Gasteiger partial charge < -0.3 is 14.8 Å². The monoisotopic (exact) mass is 393 g/mol. The molecule has 1 atom stereocenters. The van der Waals surface area contributed by atoms with Crippen LogP contribution in [0, 0.1) is 0 Å². The third-order valence-corrected chi connectivity index (χ3v) is 4.55. The zero-order valence-electron chi connectivity index (χ0n) is 16.6. The topological polar surface area (TPSA) is 82.4 Å². The second kappa shape index (κ2) is 9.05. The van der Waals surface area contributed by atoms with Crippen molar-refractivity contribution in [1.29, 1.82) is 0 Å². The summed E-state index contributed by atoms with van der Waals surface area (Å²) in [5, 5.41) is 7.27. The highest BCUT2D eigenvalue weighted by Crippen LogP contribution is 2.30. The lowest BCUT2D eigenvalue weighted by Gasteiger charge is -2.18. The molecule has 7 heteroatoms. The van der Waals surface area contributed by atoms with Gasteiger partial charge in [0.05, 0.1) is 25.6 Å². The van der Waals surface area contributed by atoms with Gasteiger partial charge in [-0.15, -0.1) is 0 Å². The smallest absolute Gasteiger partial charge is 0.267 e. The SMILES string of the molecule is CCC(C(=O)Nc1ccc(OC)cc1OC)n1nc(-c2ccccc2)ccc1=O. The predicted molar refractivity (Wildman–Crippen MR) is 111 cm³/mol. The molecule has 0 radical (unpaired) electrons. The number of hydrogen-bond acceptors (Lipinski definition) is 5. The number of anilines is 1. The third-order valence-electron chi connectivity index (χ3n) is 4.55. The molecule has 29 heavy (non-hydrogen) atoms. The van der Waals surface area contributed by atoms with Crippen molar-refractivity contribution in [3.63, 3.8) is 0 Å². The van der Waals surface area contributed by atoms with Gasteiger partial charge in [-0.2, -0.15) is 5.10 Å². The summed E-state index contributed by atoms with van der Waals surface area (Å²) in [6, 6.07) is 16.9. The molecule has 7 nitrogen and oxygen atoms in total. The molecule has 1 N–H and O–H groups in total. The Hall–Kier alpha value is -3.61. The van der Waals surface area contributed by atoms with Crippen LogP contribution in [0.25, 0.3) is 11.3 Å². The second-order valence-corrected chi connectivity index (χ2v) is 6.35. The van der Waals surface area contributed by atoms with Crippen LogP contribution >= 0.6 is 0 Å². The summed E-state index contributed by atoms with van der Waals surface area (Å²) in [7, 11) is 3.06. The van der Waals surface area contributed by atoms with Crippen LogP contribution in [0.4, 0.5) is 5.69 Å². The molecule has 1 heterocycles. The lowest BCUT2D eigenvalue weighted by atomic mass is 10.1. The summed E-state index contributed by atoms with van der Waals surface area (Å²) >= 11 is 0. The van der Waals surface area contributed by atoms with Crippen molar-refractivity contribution in [3.8, 4) is 22.8 Å². The maximum Gasteiger partial charge on any atom is 0.267 e. The molecule has 0 aliphatic heterocycles. The zero-order chi connectivity index (χ0) is 20.8. The van der Waals surface area contributed by atoms with Gasteiger partial charge in [-0.25, -0.2) is 4.68 Å². The van der Waals surface area contributed by atoms with Crippen LogP contribution < -0.4 is 20.3 Å². The van der Waals surface area contributed by atoms with E-state index in [1.807, 2.05) is 37.3 Å². The first-order valence-corrected chi connectivity index (χ1v) is 9.25. The van der Waals surface area contributed by atoms with Crippen LogP contribution in [-0.4, -0.2) is 29.9 Å². The van der Waals surface area contributed by atoms with Crippen molar-refractivity contribution in [2.45, 2.75) is 19.4 Å². The molecule has 0 aliphatic carbocycles. The van der Waals surface area contributed by atoms with Crippen LogP contribution in [-0.2, 0) is 4.79 Å². The number of methoxy groups -OCH3 is 2. The van der Waals surface area contributed by atoms with Crippen LogP contribution in [0.5, 0.6) is 11.5 Å². The van der Waals surface area contributed by atoms with Gasteiger partial charge >= 0.3 is 0 Å². The zero-order valence-corrected chi connectivity index (χ0v) is 16.6. The van der Waals surface area contributed by atoms with Gasteiger partial charge in [0.2, 0.25) is 5.91 Å². The number of ether oxygens (including phenoxy) is 2. The fourth-order valence-corrected chi connectivity index (χ4v) is 3.00. The standard InChI is InChI=1S/C22H23N3O4/c1-4-19(22(27)23-18-11-10-16(28-2)14-20(18)29-3)25-21(26)13-12-17(24-25)15-8-6-5-7-9-15/h5-14,19H,4H2,1-3H3,(H,23,27). The number of nitrogens with zero attached hydrogens (tertiary/aromatic N) is 2. The quantitative estimate of drug-likeness (QED) is 0.664. The number of rotatable bonds is 7. The molecule has 1 unspecified atom stereocenters. The van der Waals surface area contributed by atoms with Gasteiger partial charge in [0.15, 0.2) is 0 Å². The Morgan fingerprint density at radius 3 is 2.48 bits per heavy atom. The van der Waals surface area contributed by atoms with Crippen LogP contribution in [0.2, 0.25) is 0 Å². The van der Waals surface area contributed by atoms with Crippen molar-refractivity contribution < 1.29 is 14.3 Å². The molecule has 0 aliphatic rings. The molecule has 2 aromatic carbocycles. The fraction of sp³-hybridized carbons (Fsp3) is 0.227. The minimum absolute atomic E-state index is 0.339. The van der Waals surface area contributed by atoms with E-state index in [1.165, 1.54) is 17.9 Å². The Morgan fingerprint density at radius 1 is 1.07 bits per heavy atom. The highest BCUT2D eigenvalue weighted by molar-refractivity contribution is 5.95. The van der Waals surface area contributed by atoms with E-state index in [-0.39, 0.29) is 11.5 Å². The first-order chi connectivity index (χ1) is 14.1. The summed E-state index contributed by atoms with van der Waals surface area (Å²) in [4.78, 5) is 25.4. The van der Waals surface area contributed by atoms with E-state index < -0.39 is 6.04 Å². The molecular weight excluding hydrogens is 370 g/mol. The molecular formula is C22H23N3O4. The lowest BCUT2D eigenvalue weighted by Crippen LogP contribution is -2.34. The van der Waals surface area contributed by atoms with E-state index in [4.69, 9.17) is 9.47 Å². The second-order valence-electron chi connectivity index (χ2n) is 6.35. The first kappa shape index (κ1) is 20.1. The van der Waals surface area contributed by atoms with Crippen molar-refractivity contribution in [2.75, 3.05) is 19.5 Å². The average Bonchev–Trinajstić information content (AvgIpc) is 2.76. The maximum atomic E-state index is 13.0. The van der Waals surface area contributed by atoms with Crippen molar-refractivity contribution in [1.82, 2.24) is 9.78 Å². The van der Waals surface area contributed by atoms with Crippen molar-refractivity contribution in [2.24, 2.45) is 0 Å². The normalized spacial score (nSPS) is 11.6. The summed E-state index contributed by atoms with van der Waals surface area (Å²) in [6.07, 6.45) is 0.398. The van der Waals surface area contributed by atoms with Gasteiger partial charge in [-0.1, -0.05) is 37.3 Å². The molecule has 0 fully saturated rings. The van der Waals surface area contributed by atoms with E-state index in [0.29, 0.717) is 29.3 Å². The maximum absolute atomic E-state index is 13.0. The Morgan fingerprint density at radius 2 is 1.83 bits per heavy atom. The molecule has 3 aromatic rings. The number of nitrogens with one attached hydrogen (secondary N) is 1. The molecule has 0 bridgehead atoms. The molecule has 3 rings (SSSR count). The van der Waals surface area contributed by atoms with Gasteiger partial charge in [-0.3, -0.25) is 9.59 Å². The highest BCUT2D eigenvalue weighted by Gasteiger charge is 2.22. The Balaban J connectivity index is 1.92. The molecule has 0 saturated carbocycles. The summed E-state index contributed by atoms with van der Waals surface area (Å²) < 4.78 is 11.7. The summed E-state index contributed by atoms with van der Waals surface area (Å²) in [5.41, 5.74) is 1.64. The number of carbonyl (C=O) groups is 1. The van der Waals surface area contributed by atoms with Crippen LogP contribution in [0.3, 0.4) is 0 Å². The van der Waals surface area contributed by atoms with Crippen LogP contribution in [0.15, 0.2) is 65.5 Å². The number of hydrogen-bond donors (Lipinski definition) is 1. The van der Waals surface area contributed by atoms with E-state index in [9.17, 15) is 9.59 Å². The van der Waals surface area contributed by atoms with E-state index in [1.54, 1.807) is 31.4 Å². The fourth-order valence-electron chi connectivity index (χ4n) is 3.00. The van der Waals surface area contributed by atoms with E-state index >= 15 is 0 Å². The number of carbonyl (C=O) groups excluding carboxylic acids is 1. The Bertz CT molecular complexity index is 1050. The van der Waals surface area contributed by atoms with Gasteiger partial charge in [0, 0.05) is 17.7 Å². The van der Waals surface area contributed by atoms with Crippen molar-refractivity contribution >= 4 is 11.6 Å². The number of aromatic nitrogens is 2. The number of amides is 1. The predicted octanol–water partition coefficient (Wildman–Crippen LogP) is 3.52. The molecule has 1 amide bonds. The Labute approximate surface area is 168 Å². The third kappa shape index (κ3) is 4.45. The van der Waals surface area contributed by atoms with Gasteiger partial charge in [-0.05, 0) is 24.6 Å². The van der Waals surface area contributed by atoms with E-state index in [0.717, 1.165) is 5.56 Å².